The molecule has 5 rings (SSSR count). The molecule has 1 fully saturated rings. The summed E-state index contributed by atoms with van der Waals surface area (Å²) in [5, 5.41) is 17.0. The highest BCUT2D eigenvalue weighted by Gasteiger charge is 2.24. The fourth-order valence-electron chi connectivity index (χ4n) is 4.34. The number of nitrogens with one attached hydrogen (secondary N) is 1. The normalized spacial score (nSPS) is 15.5. The Morgan fingerprint density at radius 2 is 1.94 bits per heavy atom. The zero-order chi connectivity index (χ0) is 23.3. The van der Waals surface area contributed by atoms with Crippen molar-refractivity contribution in [3.63, 3.8) is 0 Å². The Morgan fingerprint density at radius 1 is 1.12 bits per heavy atom. The van der Waals surface area contributed by atoms with E-state index in [0.29, 0.717) is 18.3 Å². The van der Waals surface area contributed by atoms with Gasteiger partial charge in [0, 0.05) is 42.7 Å². The van der Waals surface area contributed by atoms with Crippen molar-refractivity contribution in [1.82, 2.24) is 15.3 Å². The first kappa shape index (κ1) is 22.7. The molecule has 4 aromatic rings. The molecule has 2 N–H and O–H groups in total. The molecule has 2 aromatic carbocycles. The molecule has 176 valence electrons. The first-order valence-electron chi connectivity index (χ1n) is 11.5. The van der Waals surface area contributed by atoms with E-state index in [9.17, 15) is 9.50 Å². The number of aliphatic hydroxyl groups is 1. The molecule has 1 aliphatic rings. The van der Waals surface area contributed by atoms with Gasteiger partial charge in [-0.1, -0.05) is 36.4 Å². The summed E-state index contributed by atoms with van der Waals surface area (Å²) in [5.74, 6) is 1.06. The van der Waals surface area contributed by atoms with E-state index in [2.05, 4.69) is 49.8 Å². The maximum atomic E-state index is 13.2. The third-order valence-electron chi connectivity index (χ3n) is 6.11. The minimum Gasteiger partial charge on any atom is -0.491 e. The number of anilines is 1. The van der Waals surface area contributed by atoms with Crippen LogP contribution in [-0.2, 0) is 0 Å². The number of aliphatic hydroxyl groups excluding tert-OH is 1. The Labute approximate surface area is 202 Å². The smallest absolute Gasteiger partial charge is 0.141 e. The molecular weight excluding hydrogens is 451 g/mol. The number of piperidine rings is 1. The van der Waals surface area contributed by atoms with Gasteiger partial charge in [0.15, 0.2) is 0 Å². The maximum Gasteiger partial charge on any atom is 0.141 e. The van der Waals surface area contributed by atoms with Gasteiger partial charge in [-0.15, -0.1) is 11.3 Å². The molecule has 0 amide bonds. The van der Waals surface area contributed by atoms with Crippen LogP contribution in [0.4, 0.5) is 10.2 Å². The van der Waals surface area contributed by atoms with Crippen molar-refractivity contribution in [2.45, 2.75) is 25.0 Å². The molecule has 6 nitrogen and oxygen atoms in total. The van der Waals surface area contributed by atoms with Crippen molar-refractivity contribution in [3.8, 4) is 16.9 Å². The lowest BCUT2D eigenvalue weighted by atomic mass is 10.0. The number of rotatable bonds is 8. The number of nitrogens with zero attached hydrogens (tertiary/aromatic N) is 3. The lowest BCUT2D eigenvalue weighted by molar-refractivity contribution is 0.102. The fraction of sp³-hybridized carbons (Fsp3) is 0.308. The van der Waals surface area contributed by atoms with Gasteiger partial charge >= 0.3 is 0 Å². The van der Waals surface area contributed by atoms with E-state index < -0.39 is 6.10 Å². The molecule has 1 unspecified atom stereocenters. The Hall–Kier alpha value is -3.07. The minimum atomic E-state index is -0.665. The molecule has 2 aromatic heterocycles. The van der Waals surface area contributed by atoms with Crippen molar-refractivity contribution in [2.75, 3.05) is 31.1 Å². The monoisotopic (exact) mass is 478 g/mol. The second-order valence-corrected chi connectivity index (χ2v) is 9.34. The van der Waals surface area contributed by atoms with Crippen LogP contribution >= 0.6 is 11.3 Å². The van der Waals surface area contributed by atoms with Gasteiger partial charge in [0.2, 0.25) is 0 Å². The molecule has 8 heteroatoms. The highest BCUT2D eigenvalue weighted by Crippen LogP contribution is 2.38. The first-order chi connectivity index (χ1) is 16.7. The molecule has 1 saturated heterocycles. The van der Waals surface area contributed by atoms with Crippen molar-refractivity contribution in [3.05, 3.63) is 72.1 Å². The Morgan fingerprint density at radius 3 is 2.74 bits per heavy atom. The summed E-state index contributed by atoms with van der Waals surface area (Å²) >= 11 is 1.65. The van der Waals surface area contributed by atoms with Crippen LogP contribution < -0.4 is 15.0 Å². The predicted octanol–water partition coefficient (Wildman–Crippen LogP) is 4.50. The van der Waals surface area contributed by atoms with Crippen molar-refractivity contribution < 1.29 is 14.2 Å². The Kier molecular flexibility index (Phi) is 6.99. The lowest BCUT2D eigenvalue weighted by Crippen LogP contribution is -2.45. The van der Waals surface area contributed by atoms with Crippen LogP contribution in [0, 0.1) is 5.82 Å². The summed E-state index contributed by atoms with van der Waals surface area (Å²) in [5.41, 5.74) is 2.36. The van der Waals surface area contributed by atoms with Gasteiger partial charge in [-0.25, -0.2) is 14.4 Å². The van der Waals surface area contributed by atoms with E-state index in [0.717, 1.165) is 42.0 Å². The standard InChI is InChI=1S/C26H27FN4O2S/c27-19-7-4-8-22(13-19)33-15-21(32)14-28-20-9-11-31(12-10-20)25-24-23(18-5-2-1-3-6-18)16-34-26(24)30-17-29-25/h1-8,13,16-17,20-21,28,32H,9-12,14-15H2. The van der Waals surface area contributed by atoms with Crippen LogP contribution in [0.25, 0.3) is 21.3 Å². The summed E-state index contributed by atoms with van der Waals surface area (Å²) in [4.78, 5) is 12.5. The van der Waals surface area contributed by atoms with Crippen LogP contribution in [0.5, 0.6) is 5.75 Å². The van der Waals surface area contributed by atoms with Gasteiger partial charge in [0.1, 0.15) is 41.3 Å². The molecule has 3 heterocycles. The van der Waals surface area contributed by atoms with E-state index in [1.807, 2.05) is 6.07 Å². The molecule has 0 saturated carbocycles. The van der Waals surface area contributed by atoms with Gasteiger partial charge < -0.3 is 20.1 Å². The topological polar surface area (TPSA) is 70.5 Å². The second kappa shape index (κ2) is 10.5. The predicted molar refractivity (Wildman–Crippen MR) is 134 cm³/mol. The van der Waals surface area contributed by atoms with Crippen LogP contribution in [0.3, 0.4) is 0 Å². The average molecular weight is 479 g/mol. The molecule has 0 spiro atoms. The zero-order valence-electron chi connectivity index (χ0n) is 18.7. The van der Waals surface area contributed by atoms with Crippen LogP contribution in [-0.4, -0.2) is 53.5 Å². The van der Waals surface area contributed by atoms with Crippen molar-refractivity contribution >= 4 is 27.4 Å². The van der Waals surface area contributed by atoms with Gasteiger partial charge in [0.25, 0.3) is 0 Å². The third kappa shape index (κ3) is 5.19. The van der Waals surface area contributed by atoms with Gasteiger partial charge in [-0.05, 0) is 30.5 Å². The summed E-state index contributed by atoms with van der Waals surface area (Å²) in [6.07, 6.45) is 2.89. The molecule has 0 radical (unpaired) electrons. The van der Waals surface area contributed by atoms with E-state index in [-0.39, 0.29) is 12.4 Å². The summed E-state index contributed by atoms with van der Waals surface area (Å²) in [7, 11) is 0. The number of halogens is 1. The number of ether oxygens (including phenoxy) is 1. The Bertz CT molecular complexity index is 1230. The summed E-state index contributed by atoms with van der Waals surface area (Å²) < 4.78 is 18.7. The van der Waals surface area contributed by atoms with E-state index >= 15 is 0 Å². The van der Waals surface area contributed by atoms with Crippen LogP contribution in [0.2, 0.25) is 0 Å². The SMILES string of the molecule is OC(CNC1CCN(c2ncnc3scc(-c4ccccc4)c23)CC1)COc1cccc(F)c1. The summed E-state index contributed by atoms with van der Waals surface area (Å²) in [6.45, 7) is 2.31. The lowest BCUT2D eigenvalue weighted by Gasteiger charge is -2.34. The molecular formula is C26H27FN4O2S. The largest absolute Gasteiger partial charge is 0.491 e. The number of thiophene rings is 1. The molecule has 0 bridgehead atoms. The zero-order valence-corrected chi connectivity index (χ0v) is 19.5. The molecule has 1 aliphatic heterocycles. The fourth-order valence-corrected chi connectivity index (χ4v) is 5.25. The van der Waals surface area contributed by atoms with E-state index in [4.69, 9.17) is 4.74 Å². The number of hydrogen-bond acceptors (Lipinski definition) is 7. The highest BCUT2D eigenvalue weighted by molar-refractivity contribution is 7.17. The highest BCUT2D eigenvalue weighted by atomic mass is 32.1. The van der Waals surface area contributed by atoms with E-state index in [1.165, 1.54) is 23.3 Å². The summed E-state index contributed by atoms with van der Waals surface area (Å²) in [6, 6.07) is 16.6. The van der Waals surface area contributed by atoms with Crippen LogP contribution in [0.15, 0.2) is 66.3 Å². The van der Waals surface area contributed by atoms with Gasteiger partial charge in [-0.3, -0.25) is 0 Å². The molecule has 0 aliphatic carbocycles. The quantitative estimate of drug-likeness (QED) is 0.389. The Balaban J connectivity index is 1.17. The average Bonchev–Trinajstić information content (AvgIpc) is 3.32. The molecule has 1 atom stereocenters. The van der Waals surface area contributed by atoms with Crippen molar-refractivity contribution in [2.24, 2.45) is 0 Å². The molecule has 34 heavy (non-hydrogen) atoms. The number of hydrogen-bond donors (Lipinski definition) is 2. The first-order valence-corrected chi connectivity index (χ1v) is 12.4. The number of benzene rings is 2. The minimum absolute atomic E-state index is 0.120. The third-order valence-corrected chi connectivity index (χ3v) is 7.00. The van der Waals surface area contributed by atoms with Gasteiger partial charge in [0.05, 0.1) is 5.39 Å². The number of aromatic nitrogens is 2. The van der Waals surface area contributed by atoms with Crippen molar-refractivity contribution in [1.29, 1.82) is 0 Å². The van der Waals surface area contributed by atoms with Crippen LogP contribution in [0.1, 0.15) is 12.8 Å². The second-order valence-electron chi connectivity index (χ2n) is 8.48. The maximum absolute atomic E-state index is 13.2. The van der Waals surface area contributed by atoms with E-state index in [1.54, 1.807) is 29.8 Å². The number of fused-ring (bicyclic) bond motifs is 1. The van der Waals surface area contributed by atoms with Gasteiger partial charge in [-0.2, -0.15) is 0 Å².